The van der Waals surface area contributed by atoms with E-state index in [4.69, 9.17) is 18.9 Å². The maximum atomic E-state index is 14.3. The number of likely N-dealkylation sites (tertiary alicyclic amines) is 1. The van der Waals surface area contributed by atoms with E-state index >= 15 is 0 Å². The lowest BCUT2D eigenvalue weighted by Gasteiger charge is -2.36. The van der Waals surface area contributed by atoms with E-state index in [9.17, 15) is 32.4 Å². The Labute approximate surface area is 291 Å². The highest BCUT2D eigenvalue weighted by molar-refractivity contribution is 7.91. The number of anilines is 1. The standard InChI is InChI=1S/C33H45N5O11S/c1-8-18-15-33(18,28(41)37-50(44,45)21-10-11-21)36-26(39)22-14-20(48-29(42)34-19-9-12-23-24(13-19)47-17-46-23)16-38(22)27(40)25(31(2,3)4)35-30(43)49-32(5,6)7/h8-9,12-13,18,20-22,25H,1,10-11,14-17H2,2-7H3,(H,34,42)(H,35,43)(H,36,39)(H,37,41)/t18?,20-,22+,25-,33?/m1/s1. The summed E-state index contributed by atoms with van der Waals surface area (Å²) in [5.41, 5.74) is -2.98. The number of carbonyl (C=O) groups is 5. The first-order valence-electron chi connectivity index (χ1n) is 16.4. The molecule has 1 saturated heterocycles. The third-order valence-electron chi connectivity index (χ3n) is 8.76. The van der Waals surface area contributed by atoms with Gasteiger partial charge >= 0.3 is 12.2 Å². The smallest absolute Gasteiger partial charge is 0.411 e. The minimum absolute atomic E-state index is 0.0454. The maximum Gasteiger partial charge on any atom is 0.411 e. The van der Waals surface area contributed by atoms with Gasteiger partial charge in [-0.1, -0.05) is 26.8 Å². The fourth-order valence-corrected chi connectivity index (χ4v) is 7.27. The average Bonchev–Trinajstić information content (AvgIpc) is 3.88. The fourth-order valence-electron chi connectivity index (χ4n) is 5.91. The molecule has 5 rings (SSSR count). The molecule has 5 atom stereocenters. The number of sulfonamides is 1. The van der Waals surface area contributed by atoms with Crippen LogP contribution in [-0.4, -0.2) is 91.1 Å². The van der Waals surface area contributed by atoms with Gasteiger partial charge in [0, 0.05) is 24.1 Å². The van der Waals surface area contributed by atoms with Gasteiger partial charge in [-0.25, -0.2) is 18.0 Å². The number of hydrogen-bond acceptors (Lipinski definition) is 11. The zero-order valence-electron chi connectivity index (χ0n) is 29.0. The number of carbonyl (C=O) groups excluding carboxylic acids is 5. The summed E-state index contributed by atoms with van der Waals surface area (Å²) in [6, 6.07) is 2.31. The summed E-state index contributed by atoms with van der Waals surface area (Å²) in [4.78, 5) is 68.7. The monoisotopic (exact) mass is 719 g/mol. The molecule has 2 unspecified atom stereocenters. The topological polar surface area (TPSA) is 208 Å². The zero-order valence-corrected chi connectivity index (χ0v) is 29.8. The molecule has 4 N–H and O–H groups in total. The van der Waals surface area contributed by atoms with Gasteiger partial charge < -0.3 is 34.5 Å². The Morgan fingerprint density at radius 1 is 1.04 bits per heavy atom. The van der Waals surface area contributed by atoms with Gasteiger partial charge in [-0.3, -0.25) is 24.4 Å². The van der Waals surface area contributed by atoms with Crippen LogP contribution in [0, 0.1) is 11.3 Å². The predicted molar refractivity (Wildman–Crippen MR) is 178 cm³/mol. The van der Waals surface area contributed by atoms with Crippen LogP contribution in [0.4, 0.5) is 15.3 Å². The van der Waals surface area contributed by atoms with E-state index in [2.05, 4.69) is 27.3 Å². The van der Waals surface area contributed by atoms with Crippen molar-refractivity contribution in [2.45, 2.75) is 102 Å². The van der Waals surface area contributed by atoms with Crippen LogP contribution in [0.5, 0.6) is 11.5 Å². The molecule has 1 aromatic carbocycles. The number of nitrogens with one attached hydrogen (secondary N) is 4. The van der Waals surface area contributed by atoms with Crippen LogP contribution in [0.1, 0.15) is 67.2 Å². The van der Waals surface area contributed by atoms with Crippen LogP contribution in [0.2, 0.25) is 0 Å². The SMILES string of the molecule is C=CC1CC1(NC(=O)[C@@H]1C[C@@H](OC(=O)Nc2ccc3c(c2)OCO3)CN1C(=O)[C@@H](NC(=O)OC(C)(C)C)C(C)(C)C)C(=O)NS(=O)(=O)C1CC1. The lowest BCUT2D eigenvalue weighted by atomic mass is 9.85. The summed E-state index contributed by atoms with van der Waals surface area (Å²) < 4.78 is 49.0. The van der Waals surface area contributed by atoms with Crippen molar-refractivity contribution in [1.82, 2.24) is 20.3 Å². The van der Waals surface area contributed by atoms with Crippen LogP contribution in [0.3, 0.4) is 0 Å². The molecule has 0 aromatic heterocycles. The van der Waals surface area contributed by atoms with Gasteiger partial charge in [0.25, 0.3) is 5.91 Å². The van der Waals surface area contributed by atoms with Gasteiger partial charge in [-0.15, -0.1) is 6.58 Å². The van der Waals surface area contributed by atoms with Gasteiger partial charge in [0.15, 0.2) is 11.5 Å². The van der Waals surface area contributed by atoms with E-state index in [0.717, 1.165) is 0 Å². The van der Waals surface area contributed by atoms with Crippen molar-refractivity contribution in [3.8, 4) is 11.5 Å². The van der Waals surface area contributed by atoms with Crippen molar-refractivity contribution in [2.75, 3.05) is 18.7 Å². The van der Waals surface area contributed by atoms with E-state index in [-0.39, 0.29) is 26.2 Å². The molecule has 274 valence electrons. The zero-order chi connectivity index (χ0) is 36.8. The van der Waals surface area contributed by atoms with E-state index in [1.54, 1.807) is 59.7 Å². The van der Waals surface area contributed by atoms with Gasteiger partial charge in [0.2, 0.25) is 28.6 Å². The molecule has 16 nitrogen and oxygen atoms in total. The molecule has 0 radical (unpaired) electrons. The number of nitrogens with zero attached hydrogens (tertiary/aromatic N) is 1. The first kappa shape index (κ1) is 36.7. The van der Waals surface area contributed by atoms with E-state index < -0.39 is 85.8 Å². The molecule has 2 saturated carbocycles. The highest BCUT2D eigenvalue weighted by atomic mass is 32.2. The summed E-state index contributed by atoms with van der Waals surface area (Å²) in [7, 11) is -3.93. The van der Waals surface area contributed by atoms with Crippen molar-refractivity contribution >= 4 is 45.6 Å². The van der Waals surface area contributed by atoms with Gasteiger partial charge in [0.05, 0.1) is 11.8 Å². The quantitative estimate of drug-likeness (QED) is 0.259. The van der Waals surface area contributed by atoms with Crippen LogP contribution < -0.4 is 30.1 Å². The average molecular weight is 720 g/mol. The lowest BCUT2D eigenvalue weighted by molar-refractivity contribution is -0.143. The molecule has 4 aliphatic rings. The molecule has 2 aliphatic carbocycles. The maximum absolute atomic E-state index is 14.3. The Hall–Kier alpha value is -4.54. The lowest BCUT2D eigenvalue weighted by Crippen LogP contribution is -2.60. The Balaban J connectivity index is 1.37. The number of amides is 5. The second-order valence-corrected chi connectivity index (χ2v) is 17.1. The van der Waals surface area contributed by atoms with E-state index in [0.29, 0.717) is 30.0 Å². The molecule has 2 aliphatic heterocycles. The second-order valence-electron chi connectivity index (χ2n) is 15.1. The molecule has 1 aromatic rings. The number of rotatable bonds is 10. The molecule has 17 heteroatoms. The van der Waals surface area contributed by atoms with Crippen molar-refractivity contribution in [1.29, 1.82) is 0 Å². The summed E-state index contributed by atoms with van der Waals surface area (Å²) in [6.45, 7) is 13.7. The molecular formula is C33H45N5O11S. The molecule has 0 spiro atoms. The third-order valence-corrected chi connectivity index (χ3v) is 10.6. The number of fused-ring (bicyclic) bond motifs is 1. The van der Waals surface area contributed by atoms with Crippen molar-refractivity contribution < 1.29 is 51.3 Å². The summed E-state index contributed by atoms with van der Waals surface area (Å²) in [6.07, 6.45) is -0.445. The molecule has 0 bridgehead atoms. The van der Waals surface area contributed by atoms with Crippen LogP contribution in [-0.2, 0) is 33.9 Å². The first-order valence-corrected chi connectivity index (χ1v) is 17.9. The normalized spacial score (nSPS) is 24.8. The Bertz CT molecular complexity index is 1680. The predicted octanol–water partition coefficient (Wildman–Crippen LogP) is 2.54. The van der Waals surface area contributed by atoms with Crippen LogP contribution in [0.15, 0.2) is 30.9 Å². The van der Waals surface area contributed by atoms with E-state index in [1.807, 2.05) is 0 Å². The minimum Gasteiger partial charge on any atom is -0.454 e. The van der Waals surface area contributed by atoms with Crippen LogP contribution in [0.25, 0.3) is 0 Å². The van der Waals surface area contributed by atoms with Crippen LogP contribution >= 0.6 is 0 Å². The molecular weight excluding hydrogens is 674 g/mol. The fraction of sp³-hybridized carbons (Fsp3) is 0.606. The second kappa shape index (κ2) is 13.3. The first-order chi connectivity index (χ1) is 23.2. The summed E-state index contributed by atoms with van der Waals surface area (Å²) >= 11 is 0. The minimum atomic E-state index is -3.93. The molecule has 3 fully saturated rings. The Morgan fingerprint density at radius 3 is 2.32 bits per heavy atom. The van der Waals surface area contributed by atoms with Gasteiger partial charge in [0.1, 0.15) is 29.3 Å². The Kier molecular flexibility index (Phi) is 9.77. The van der Waals surface area contributed by atoms with Crippen molar-refractivity contribution in [3.05, 3.63) is 30.9 Å². The van der Waals surface area contributed by atoms with Crippen molar-refractivity contribution in [2.24, 2.45) is 11.3 Å². The number of hydrogen-bond donors (Lipinski definition) is 4. The Morgan fingerprint density at radius 2 is 1.72 bits per heavy atom. The number of alkyl carbamates (subject to hydrolysis) is 1. The highest BCUT2D eigenvalue weighted by Crippen LogP contribution is 2.45. The number of benzene rings is 1. The summed E-state index contributed by atoms with van der Waals surface area (Å²) in [5, 5.41) is 7.24. The van der Waals surface area contributed by atoms with Gasteiger partial charge in [-0.05, 0) is 57.6 Å². The van der Waals surface area contributed by atoms with Gasteiger partial charge in [-0.2, -0.15) is 0 Å². The van der Waals surface area contributed by atoms with Crippen molar-refractivity contribution in [3.63, 3.8) is 0 Å². The van der Waals surface area contributed by atoms with E-state index in [1.165, 1.54) is 11.0 Å². The summed E-state index contributed by atoms with van der Waals surface area (Å²) in [5.74, 6) is -1.94. The number of ether oxygens (including phenoxy) is 4. The largest absolute Gasteiger partial charge is 0.454 e. The third kappa shape index (κ3) is 8.25. The molecule has 5 amide bonds. The molecule has 50 heavy (non-hydrogen) atoms. The highest BCUT2D eigenvalue weighted by Gasteiger charge is 2.62. The molecule has 2 heterocycles.